The quantitative estimate of drug-likeness (QED) is 0.370. The molecule has 0 aliphatic carbocycles. The molecule has 0 saturated carbocycles. The molecule has 0 bridgehead atoms. The molecule has 1 aromatic heterocycles. The Kier molecular flexibility index (Phi) is 9.95. The summed E-state index contributed by atoms with van der Waals surface area (Å²) in [6, 6.07) is 0.486. The van der Waals surface area contributed by atoms with Gasteiger partial charge in [0.2, 0.25) is 11.7 Å². The zero-order valence-corrected chi connectivity index (χ0v) is 18.0. The molecule has 1 aromatic rings. The number of nitrogen functional groups attached to an aromatic ring is 1. The monoisotopic (exact) mass is 506 g/mol. The Labute approximate surface area is 189 Å². The fourth-order valence-electron chi connectivity index (χ4n) is 2.67. The van der Waals surface area contributed by atoms with E-state index in [2.05, 4.69) is 32.4 Å². The minimum absolute atomic E-state index is 0.289. The minimum atomic E-state index is -5.08. The Bertz CT molecular complexity index is 829. The van der Waals surface area contributed by atoms with Crippen LogP contribution in [0.4, 0.5) is 43.9 Å². The van der Waals surface area contributed by atoms with E-state index in [0.717, 1.165) is 37.6 Å². The molecular weight excluding hydrogens is 482 g/mol. The van der Waals surface area contributed by atoms with Gasteiger partial charge in [-0.3, -0.25) is 0 Å². The first-order valence-corrected chi connectivity index (χ1v) is 9.62. The third-order valence-electron chi connectivity index (χ3n) is 4.38. The molecule has 6 N–H and O–H groups in total. The van der Waals surface area contributed by atoms with Gasteiger partial charge in [0.1, 0.15) is 0 Å². The fraction of sp³-hybridized carbons (Fsp3) is 0.647. The van der Waals surface area contributed by atoms with Crippen LogP contribution in [0.25, 0.3) is 0 Å². The van der Waals surface area contributed by atoms with Crippen molar-refractivity contribution in [2.24, 2.45) is 5.92 Å². The number of carboxylic acids is 2. The van der Waals surface area contributed by atoms with E-state index < -0.39 is 24.3 Å². The summed E-state index contributed by atoms with van der Waals surface area (Å²) in [7, 11) is 1.99. The normalized spacial score (nSPS) is 19.7. The molecule has 194 valence electrons. The predicted molar refractivity (Wildman–Crippen MR) is 107 cm³/mol. The zero-order valence-electron chi connectivity index (χ0n) is 18.0. The first kappa shape index (κ1) is 28.8. The summed E-state index contributed by atoms with van der Waals surface area (Å²) in [5, 5.41) is 20.9. The molecule has 34 heavy (non-hydrogen) atoms. The van der Waals surface area contributed by atoms with Crippen molar-refractivity contribution in [3.05, 3.63) is 0 Å². The van der Waals surface area contributed by atoms with Crippen molar-refractivity contribution in [2.75, 3.05) is 49.2 Å². The van der Waals surface area contributed by atoms with Gasteiger partial charge in [0.05, 0.1) is 6.61 Å². The maximum Gasteiger partial charge on any atom is 0.490 e. The molecule has 3 heterocycles. The van der Waals surface area contributed by atoms with Gasteiger partial charge >= 0.3 is 24.3 Å². The third kappa shape index (κ3) is 8.95. The molecule has 1 fully saturated rings. The molecule has 0 radical (unpaired) electrons. The second kappa shape index (κ2) is 11.8. The number of aliphatic carboxylic acids is 2. The van der Waals surface area contributed by atoms with E-state index in [1.165, 1.54) is 0 Å². The average Bonchev–Trinajstić information content (AvgIpc) is 3.11. The molecule has 0 aromatic carbocycles. The second-order valence-corrected chi connectivity index (χ2v) is 7.21. The van der Waals surface area contributed by atoms with Gasteiger partial charge in [0.25, 0.3) is 0 Å². The number of aromatic nitrogens is 2. The van der Waals surface area contributed by atoms with Gasteiger partial charge in [-0.1, -0.05) is 6.92 Å². The number of ether oxygens (including phenoxy) is 1. The molecule has 1 saturated heterocycles. The number of fused-ring (bicyclic) bond motifs is 1. The smallest absolute Gasteiger partial charge is 0.486 e. The van der Waals surface area contributed by atoms with Crippen LogP contribution in [0.1, 0.15) is 13.3 Å². The number of anilines is 3. The summed E-state index contributed by atoms with van der Waals surface area (Å²) >= 11 is 0. The van der Waals surface area contributed by atoms with Crippen LogP contribution < -0.4 is 26.0 Å². The third-order valence-corrected chi connectivity index (χ3v) is 4.38. The molecule has 0 amide bonds. The molecule has 2 aliphatic heterocycles. The molecule has 2 atom stereocenters. The van der Waals surface area contributed by atoms with Gasteiger partial charge in [-0.25, -0.2) is 9.59 Å². The van der Waals surface area contributed by atoms with Gasteiger partial charge in [-0.15, -0.1) is 0 Å². The Balaban J connectivity index is 0.000000343. The largest absolute Gasteiger partial charge is 0.490 e. The average molecular weight is 506 g/mol. The van der Waals surface area contributed by atoms with Gasteiger partial charge in [-0.05, 0) is 13.5 Å². The number of hydrogen-bond donors (Lipinski definition) is 5. The van der Waals surface area contributed by atoms with Crippen molar-refractivity contribution < 1.29 is 50.9 Å². The van der Waals surface area contributed by atoms with E-state index >= 15 is 0 Å². The van der Waals surface area contributed by atoms with Crippen LogP contribution in [0.15, 0.2) is 0 Å². The maximum atomic E-state index is 10.6. The molecule has 3 rings (SSSR count). The number of carbonyl (C=O) groups is 2. The topological polar surface area (TPSA) is 163 Å². The van der Waals surface area contributed by atoms with Crippen LogP contribution in [0, 0.1) is 5.92 Å². The van der Waals surface area contributed by atoms with E-state index in [1.807, 2.05) is 7.05 Å². The van der Waals surface area contributed by atoms with E-state index in [4.69, 9.17) is 30.3 Å². The summed E-state index contributed by atoms with van der Waals surface area (Å²) in [4.78, 5) is 28.7. The number of alkyl halides is 6. The number of nitrogens with one attached hydrogen (secondary N) is 2. The Morgan fingerprint density at radius 2 is 1.68 bits per heavy atom. The van der Waals surface area contributed by atoms with Crippen LogP contribution in [-0.4, -0.2) is 83.8 Å². The van der Waals surface area contributed by atoms with Crippen molar-refractivity contribution in [1.82, 2.24) is 15.3 Å². The Morgan fingerprint density at radius 1 is 1.15 bits per heavy atom. The fourth-order valence-corrected chi connectivity index (χ4v) is 2.67. The molecule has 11 nitrogen and oxygen atoms in total. The van der Waals surface area contributed by atoms with Crippen molar-refractivity contribution in [3.8, 4) is 5.75 Å². The predicted octanol–water partition coefficient (Wildman–Crippen LogP) is 1.56. The van der Waals surface area contributed by atoms with E-state index in [0.29, 0.717) is 24.4 Å². The summed E-state index contributed by atoms with van der Waals surface area (Å²) in [5.41, 5.74) is 5.84. The number of likely N-dealkylation sites (N-methyl/N-ethyl adjacent to an activating group) is 1. The number of nitrogens with zero attached hydrogens (tertiary/aromatic N) is 3. The molecular formula is C17H24F6N6O5. The lowest BCUT2D eigenvalue weighted by Gasteiger charge is -2.21. The molecule has 0 spiro atoms. The van der Waals surface area contributed by atoms with Gasteiger partial charge in [-0.2, -0.15) is 36.3 Å². The van der Waals surface area contributed by atoms with Crippen molar-refractivity contribution >= 4 is 29.5 Å². The molecule has 1 unspecified atom stereocenters. The number of rotatable bonds is 2. The summed E-state index contributed by atoms with van der Waals surface area (Å²) < 4.78 is 69.4. The second-order valence-electron chi connectivity index (χ2n) is 7.21. The standard InChI is InChI=1S/C13H22N6O.2C2HF3O2/c1-8-5-16-11-10(20-7-8)12(18-13(14)17-11)19-4-3-9(6-19)15-2;2*3-2(4,5)1(6)7/h8-9,15H,3-7H2,1-2H3,(H3,14,16,17,18);2*(H,6,7)/t8?,9-;;/m1../s1. The summed E-state index contributed by atoms with van der Waals surface area (Å²) in [6.07, 6.45) is -9.07. The molecule has 17 heteroatoms. The maximum absolute atomic E-state index is 10.6. The number of halogens is 6. The first-order valence-electron chi connectivity index (χ1n) is 9.62. The van der Waals surface area contributed by atoms with Gasteiger partial charge in [0.15, 0.2) is 11.6 Å². The lowest BCUT2D eigenvalue weighted by Crippen LogP contribution is -2.30. The van der Waals surface area contributed by atoms with Gasteiger partial charge in [0, 0.05) is 31.6 Å². The van der Waals surface area contributed by atoms with Crippen LogP contribution in [0.2, 0.25) is 0 Å². The Morgan fingerprint density at radius 3 is 2.12 bits per heavy atom. The summed E-state index contributed by atoms with van der Waals surface area (Å²) in [5.74, 6) is -2.53. The van der Waals surface area contributed by atoms with Crippen LogP contribution in [0.5, 0.6) is 5.75 Å². The van der Waals surface area contributed by atoms with Gasteiger partial charge < -0.3 is 36.2 Å². The highest BCUT2D eigenvalue weighted by Crippen LogP contribution is 2.37. The molecule has 2 aliphatic rings. The van der Waals surface area contributed by atoms with Crippen LogP contribution in [-0.2, 0) is 9.59 Å². The van der Waals surface area contributed by atoms with Crippen molar-refractivity contribution in [3.63, 3.8) is 0 Å². The first-order chi connectivity index (χ1) is 15.6. The van der Waals surface area contributed by atoms with E-state index in [-0.39, 0.29) is 5.95 Å². The minimum Gasteiger partial charge on any atom is -0.486 e. The van der Waals surface area contributed by atoms with Crippen molar-refractivity contribution in [1.29, 1.82) is 0 Å². The highest BCUT2D eigenvalue weighted by molar-refractivity contribution is 5.73. The number of hydrogen-bond acceptors (Lipinski definition) is 9. The van der Waals surface area contributed by atoms with E-state index in [1.54, 1.807) is 0 Å². The van der Waals surface area contributed by atoms with E-state index in [9.17, 15) is 26.3 Å². The highest BCUT2D eigenvalue weighted by atomic mass is 19.4. The number of carboxylic acid groups (broad SMARTS) is 2. The zero-order chi connectivity index (χ0) is 26.3. The lowest BCUT2D eigenvalue weighted by atomic mass is 10.2. The summed E-state index contributed by atoms with van der Waals surface area (Å²) in [6.45, 7) is 5.51. The number of nitrogens with two attached hydrogens (primary N) is 1. The van der Waals surface area contributed by atoms with Crippen LogP contribution in [0.3, 0.4) is 0 Å². The van der Waals surface area contributed by atoms with Crippen LogP contribution >= 0.6 is 0 Å². The SMILES string of the molecule is CN[C@@H]1CCN(c2nc(N)nc3c2OCC(C)CN3)C1.O=C(O)C(F)(F)F.O=C(O)C(F)(F)F. The van der Waals surface area contributed by atoms with Crippen molar-refractivity contribution in [2.45, 2.75) is 31.7 Å². The Hall–Kier alpha value is -3.24. The lowest BCUT2D eigenvalue weighted by molar-refractivity contribution is -0.193. The highest BCUT2D eigenvalue weighted by Gasteiger charge is 2.39.